The smallest absolute Gasteiger partial charge is 0.227 e. The number of hydrogen-bond donors (Lipinski definition) is 1. The lowest BCUT2D eigenvalue weighted by Crippen LogP contribution is -2.41. The van der Waals surface area contributed by atoms with Gasteiger partial charge in [0.1, 0.15) is 0 Å². The third kappa shape index (κ3) is 4.19. The van der Waals surface area contributed by atoms with E-state index in [9.17, 15) is 4.79 Å². The fourth-order valence-corrected chi connectivity index (χ4v) is 4.59. The molecule has 1 N–H and O–H groups in total. The predicted molar refractivity (Wildman–Crippen MR) is 112 cm³/mol. The largest absolute Gasteiger partial charge is 0.493 e. The van der Waals surface area contributed by atoms with Crippen molar-refractivity contribution < 1.29 is 19.0 Å². The molecule has 29 heavy (non-hydrogen) atoms. The fraction of sp³-hybridized carbons (Fsp3) is 0.458. The number of para-hydroxylation sites is 1. The summed E-state index contributed by atoms with van der Waals surface area (Å²) in [5.74, 6) is 2.19. The van der Waals surface area contributed by atoms with Crippen LogP contribution in [0.15, 0.2) is 42.5 Å². The number of fused-ring (bicyclic) bond motifs is 1. The van der Waals surface area contributed by atoms with E-state index >= 15 is 0 Å². The quantitative estimate of drug-likeness (QED) is 0.795. The SMILES string of the molecule is COc1cccc(OC2CCC(NC(=O)C3CCc4ccccc43)CC2)c1OC. The minimum Gasteiger partial charge on any atom is -0.493 e. The summed E-state index contributed by atoms with van der Waals surface area (Å²) in [4.78, 5) is 12.8. The average molecular weight is 395 g/mol. The van der Waals surface area contributed by atoms with Crippen LogP contribution in [-0.4, -0.2) is 32.3 Å². The number of methoxy groups -OCH3 is 2. The van der Waals surface area contributed by atoms with Crippen LogP contribution in [0.3, 0.4) is 0 Å². The third-order valence-electron chi connectivity index (χ3n) is 6.13. The van der Waals surface area contributed by atoms with Gasteiger partial charge in [0, 0.05) is 6.04 Å². The van der Waals surface area contributed by atoms with Gasteiger partial charge in [0.05, 0.1) is 26.2 Å². The molecule has 0 radical (unpaired) electrons. The fourth-order valence-electron chi connectivity index (χ4n) is 4.59. The Kier molecular flexibility index (Phi) is 5.93. The Balaban J connectivity index is 1.31. The van der Waals surface area contributed by atoms with Gasteiger partial charge in [-0.3, -0.25) is 4.79 Å². The summed E-state index contributed by atoms with van der Waals surface area (Å²) in [7, 11) is 3.25. The molecule has 4 rings (SSSR count). The lowest BCUT2D eigenvalue weighted by atomic mass is 9.91. The highest BCUT2D eigenvalue weighted by Gasteiger charge is 2.31. The number of benzene rings is 2. The van der Waals surface area contributed by atoms with Gasteiger partial charge in [-0.15, -0.1) is 0 Å². The summed E-state index contributed by atoms with van der Waals surface area (Å²) >= 11 is 0. The Bertz CT molecular complexity index is 858. The molecule has 1 atom stereocenters. The lowest BCUT2D eigenvalue weighted by Gasteiger charge is -2.30. The summed E-state index contributed by atoms with van der Waals surface area (Å²) in [6.07, 6.45) is 5.71. The molecule has 0 bridgehead atoms. The zero-order valence-corrected chi connectivity index (χ0v) is 17.1. The van der Waals surface area contributed by atoms with Gasteiger partial charge < -0.3 is 19.5 Å². The van der Waals surface area contributed by atoms with E-state index in [2.05, 4.69) is 23.5 Å². The first kappa shape index (κ1) is 19.6. The van der Waals surface area contributed by atoms with Crippen molar-refractivity contribution in [2.24, 2.45) is 0 Å². The van der Waals surface area contributed by atoms with Crippen molar-refractivity contribution in [1.29, 1.82) is 0 Å². The van der Waals surface area contributed by atoms with Crippen molar-refractivity contribution in [3.8, 4) is 17.2 Å². The van der Waals surface area contributed by atoms with E-state index < -0.39 is 0 Å². The molecular formula is C24H29NO4. The summed E-state index contributed by atoms with van der Waals surface area (Å²) in [5.41, 5.74) is 2.52. The third-order valence-corrected chi connectivity index (χ3v) is 6.13. The lowest BCUT2D eigenvalue weighted by molar-refractivity contribution is -0.123. The van der Waals surface area contributed by atoms with Crippen LogP contribution in [0, 0.1) is 0 Å². The highest BCUT2D eigenvalue weighted by molar-refractivity contribution is 5.85. The van der Waals surface area contributed by atoms with Gasteiger partial charge in [-0.1, -0.05) is 30.3 Å². The van der Waals surface area contributed by atoms with Crippen molar-refractivity contribution in [3.05, 3.63) is 53.6 Å². The maximum atomic E-state index is 12.8. The number of hydrogen-bond acceptors (Lipinski definition) is 4. The van der Waals surface area contributed by atoms with Crippen molar-refractivity contribution in [2.45, 2.75) is 56.6 Å². The molecule has 5 nitrogen and oxygen atoms in total. The monoisotopic (exact) mass is 395 g/mol. The Morgan fingerprint density at radius 3 is 2.41 bits per heavy atom. The maximum Gasteiger partial charge on any atom is 0.227 e. The van der Waals surface area contributed by atoms with Gasteiger partial charge in [-0.05, 0) is 61.8 Å². The molecule has 1 fully saturated rings. The number of carbonyl (C=O) groups is 1. The molecule has 2 aromatic carbocycles. The Morgan fingerprint density at radius 1 is 0.897 bits per heavy atom. The Hall–Kier alpha value is -2.69. The molecule has 2 aliphatic rings. The number of ether oxygens (including phenoxy) is 3. The first-order valence-electron chi connectivity index (χ1n) is 10.5. The molecule has 1 unspecified atom stereocenters. The molecule has 0 heterocycles. The highest BCUT2D eigenvalue weighted by atomic mass is 16.5. The molecule has 5 heteroatoms. The molecule has 0 aliphatic heterocycles. The number of nitrogens with one attached hydrogen (secondary N) is 1. The van der Waals surface area contributed by atoms with E-state index in [4.69, 9.17) is 14.2 Å². The van der Waals surface area contributed by atoms with E-state index in [1.165, 1.54) is 11.1 Å². The molecule has 154 valence electrons. The average Bonchev–Trinajstić information content (AvgIpc) is 3.19. The number of amides is 1. The van der Waals surface area contributed by atoms with Gasteiger partial charge in [0.25, 0.3) is 0 Å². The number of carbonyl (C=O) groups excluding carboxylic acids is 1. The summed E-state index contributed by atoms with van der Waals surface area (Å²) < 4.78 is 17.0. The predicted octanol–water partition coefficient (Wildman–Crippen LogP) is 4.24. The molecule has 1 amide bonds. The highest BCUT2D eigenvalue weighted by Crippen LogP contribution is 2.38. The second kappa shape index (κ2) is 8.76. The molecule has 1 saturated carbocycles. The van der Waals surface area contributed by atoms with Crippen molar-refractivity contribution in [2.75, 3.05) is 14.2 Å². The van der Waals surface area contributed by atoms with Gasteiger partial charge >= 0.3 is 0 Å². The van der Waals surface area contributed by atoms with Gasteiger partial charge in [-0.2, -0.15) is 0 Å². The van der Waals surface area contributed by atoms with Crippen LogP contribution in [0.25, 0.3) is 0 Å². The van der Waals surface area contributed by atoms with Crippen LogP contribution in [0.5, 0.6) is 17.2 Å². The van der Waals surface area contributed by atoms with E-state index in [1.54, 1.807) is 14.2 Å². The van der Waals surface area contributed by atoms with Crippen molar-refractivity contribution in [3.63, 3.8) is 0 Å². The zero-order chi connectivity index (χ0) is 20.2. The Labute approximate surface area is 172 Å². The first-order valence-corrected chi connectivity index (χ1v) is 10.5. The van der Waals surface area contributed by atoms with Crippen molar-refractivity contribution in [1.82, 2.24) is 5.32 Å². The molecule has 0 saturated heterocycles. The van der Waals surface area contributed by atoms with Crippen LogP contribution >= 0.6 is 0 Å². The molecule has 0 spiro atoms. The molecule has 2 aromatic rings. The standard InChI is InChI=1S/C24H29NO4/c1-27-21-8-5-9-22(23(21)28-2)29-18-13-11-17(12-14-18)25-24(26)20-15-10-16-6-3-4-7-19(16)20/h3-9,17-18,20H,10-15H2,1-2H3,(H,25,26). The molecule has 2 aliphatic carbocycles. The summed E-state index contributed by atoms with van der Waals surface area (Å²) in [6.45, 7) is 0. The van der Waals surface area contributed by atoms with Crippen LogP contribution in [0.2, 0.25) is 0 Å². The van der Waals surface area contributed by atoms with Crippen molar-refractivity contribution >= 4 is 5.91 Å². The van der Waals surface area contributed by atoms with Gasteiger partial charge in [0.15, 0.2) is 11.5 Å². The van der Waals surface area contributed by atoms with Gasteiger partial charge in [-0.25, -0.2) is 0 Å². The molecular weight excluding hydrogens is 366 g/mol. The number of aryl methyl sites for hydroxylation is 1. The van der Waals surface area contributed by atoms with E-state index in [0.717, 1.165) is 38.5 Å². The van der Waals surface area contributed by atoms with Crippen LogP contribution in [0.4, 0.5) is 0 Å². The van der Waals surface area contributed by atoms with Crippen LogP contribution in [-0.2, 0) is 11.2 Å². The first-order chi connectivity index (χ1) is 14.2. The minimum absolute atomic E-state index is 0.00113. The molecule has 0 aromatic heterocycles. The van der Waals surface area contributed by atoms with E-state index in [1.807, 2.05) is 24.3 Å². The van der Waals surface area contributed by atoms with Gasteiger partial charge in [0.2, 0.25) is 11.7 Å². The van der Waals surface area contributed by atoms with Crippen LogP contribution in [0.1, 0.15) is 49.1 Å². The Morgan fingerprint density at radius 2 is 1.66 bits per heavy atom. The normalized spacial score (nSPS) is 23.2. The zero-order valence-electron chi connectivity index (χ0n) is 17.1. The summed E-state index contributed by atoms with van der Waals surface area (Å²) in [5, 5.41) is 3.29. The maximum absolute atomic E-state index is 12.8. The second-order valence-electron chi connectivity index (χ2n) is 7.88. The summed E-state index contributed by atoms with van der Waals surface area (Å²) in [6, 6.07) is 14.2. The minimum atomic E-state index is 0.00113. The topological polar surface area (TPSA) is 56.8 Å². The van der Waals surface area contributed by atoms with E-state index in [0.29, 0.717) is 17.2 Å². The van der Waals surface area contributed by atoms with E-state index in [-0.39, 0.29) is 24.0 Å². The number of rotatable bonds is 6. The second-order valence-corrected chi connectivity index (χ2v) is 7.88. The van der Waals surface area contributed by atoms with Crippen LogP contribution < -0.4 is 19.5 Å².